The molecule has 0 spiro atoms. The maximum absolute atomic E-state index is 11.7. The Balaban J connectivity index is 3.35. The van der Waals surface area contributed by atoms with E-state index in [0.717, 1.165) is 0 Å². The Kier molecular flexibility index (Phi) is 6.31. The number of hydrogen-bond acceptors (Lipinski definition) is 3. The Bertz CT molecular complexity index is 190. The van der Waals surface area contributed by atoms with Crippen molar-refractivity contribution in [3.8, 4) is 0 Å². The van der Waals surface area contributed by atoms with Crippen LogP contribution in [0.2, 0.25) is 0 Å². The Morgan fingerprint density at radius 1 is 1.33 bits per heavy atom. The van der Waals surface area contributed by atoms with Gasteiger partial charge in [-0.1, -0.05) is 0 Å². The first-order valence-corrected chi connectivity index (χ1v) is 4.65. The lowest BCUT2D eigenvalue weighted by molar-refractivity contribution is -0.153. The molecule has 0 fully saturated rings. The van der Waals surface area contributed by atoms with Crippen molar-refractivity contribution in [2.24, 2.45) is 0 Å². The second kappa shape index (κ2) is 6.66. The van der Waals surface area contributed by atoms with Gasteiger partial charge in [-0.25, -0.2) is 4.79 Å². The van der Waals surface area contributed by atoms with E-state index in [1.165, 1.54) is 0 Å². The van der Waals surface area contributed by atoms with E-state index in [0.29, 0.717) is 0 Å². The zero-order valence-electron chi connectivity index (χ0n) is 8.76. The summed E-state index contributed by atoms with van der Waals surface area (Å²) in [6.07, 6.45) is -5.44. The molecule has 0 atom stereocenters. The predicted octanol–water partition coefficient (Wildman–Crippen LogP) is 2.30. The van der Waals surface area contributed by atoms with Crippen LogP contribution in [0.15, 0.2) is 0 Å². The summed E-state index contributed by atoms with van der Waals surface area (Å²) in [6, 6.07) is 0. The van der Waals surface area contributed by atoms with E-state index < -0.39 is 18.6 Å². The van der Waals surface area contributed by atoms with Crippen molar-refractivity contribution in [2.75, 3.05) is 13.2 Å². The van der Waals surface area contributed by atoms with Crippen molar-refractivity contribution in [1.29, 1.82) is 0 Å². The van der Waals surface area contributed by atoms with Crippen molar-refractivity contribution < 1.29 is 27.4 Å². The van der Waals surface area contributed by atoms with Gasteiger partial charge in [0, 0.05) is 13.0 Å². The Hall–Kier alpha value is -0.780. The standard InChI is InChI=1S/C9H15F3O3/c1-7(2)15-8(13)6-14-5-3-4-9(10,11)12/h7H,3-6H2,1-2H3. The van der Waals surface area contributed by atoms with Gasteiger partial charge in [-0.2, -0.15) is 13.2 Å². The zero-order chi connectivity index (χ0) is 11.9. The van der Waals surface area contributed by atoms with Gasteiger partial charge in [0.2, 0.25) is 0 Å². The van der Waals surface area contributed by atoms with Crippen LogP contribution in [-0.2, 0) is 14.3 Å². The lowest BCUT2D eigenvalue weighted by atomic mass is 10.3. The van der Waals surface area contributed by atoms with Gasteiger partial charge in [-0.05, 0) is 20.3 Å². The van der Waals surface area contributed by atoms with Gasteiger partial charge in [0.1, 0.15) is 6.61 Å². The Labute approximate surface area is 86.5 Å². The molecule has 0 saturated heterocycles. The van der Waals surface area contributed by atoms with E-state index in [1.54, 1.807) is 13.8 Å². The molecule has 0 unspecified atom stereocenters. The van der Waals surface area contributed by atoms with Gasteiger partial charge in [-0.3, -0.25) is 0 Å². The van der Waals surface area contributed by atoms with Crippen LogP contribution in [-0.4, -0.2) is 31.5 Å². The van der Waals surface area contributed by atoms with Crippen LogP contribution >= 0.6 is 0 Å². The molecular formula is C9H15F3O3. The molecule has 0 radical (unpaired) electrons. The summed E-state index contributed by atoms with van der Waals surface area (Å²) >= 11 is 0. The number of alkyl halides is 3. The summed E-state index contributed by atoms with van der Waals surface area (Å²) in [4.78, 5) is 10.8. The molecule has 0 aliphatic rings. The molecule has 0 aromatic carbocycles. The number of ether oxygens (including phenoxy) is 2. The van der Waals surface area contributed by atoms with E-state index in [4.69, 9.17) is 9.47 Å². The first-order valence-electron chi connectivity index (χ1n) is 4.65. The molecule has 0 heterocycles. The summed E-state index contributed by atoms with van der Waals surface area (Å²) in [6.45, 7) is 2.98. The van der Waals surface area contributed by atoms with Gasteiger partial charge in [-0.15, -0.1) is 0 Å². The molecule has 0 N–H and O–H groups in total. The molecule has 0 aromatic rings. The van der Waals surface area contributed by atoms with E-state index >= 15 is 0 Å². The highest BCUT2D eigenvalue weighted by Gasteiger charge is 2.25. The highest BCUT2D eigenvalue weighted by atomic mass is 19.4. The summed E-state index contributed by atoms with van der Waals surface area (Å²) in [7, 11) is 0. The van der Waals surface area contributed by atoms with Crippen molar-refractivity contribution in [2.45, 2.75) is 39.0 Å². The lowest BCUT2D eigenvalue weighted by Gasteiger charge is -2.08. The van der Waals surface area contributed by atoms with Gasteiger partial charge in [0.15, 0.2) is 0 Å². The summed E-state index contributed by atoms with van der Waals surface area (Å²) < 4.78 is 44.4. The van der Waals surface area contributed by atoms with E-state index in [9.17, 15) is 18.0 Å². The normalized spacial score (nSPS) is 11.9. The first kappa shape index (κ1) is 14.2. The maximum atomic E-state index is 11.7. The molecule has 0 aliphatic heterocycles. The van der Waals surface area contributed by atoms with Gasteiger partial charge in [0.05, 0.1) is 6.10 Å². The fourth-order valence-electron chi connectivity index (χ4n) is 0.827. The van der Waals surface area contributed by atoms with Crippen molar-refractivity contribution >= 4 is 5.97 Å². The quantitative estimate of drug-likeness (QED) is 0.517. The Morgan fingerprint density at radius 2 is 1.93 bits per heavy atom. The summed E-state index contributed by atoms with van der Waals surface area (Å²) in [5, 5.41) is 0. The zero-order valence-corrected chi connectivity index (χ0v) is 8.76. The van der Waals surface area contributed by atoms with Crippen molar-refractivity contribution in [1.82, 2.24) is 0 Å². The van der Waals surface area contributed by atoms with Crippen LogP contribution in [0.3, 0.4) is 0 Å². The second-order valence-electron chi connectivity index (χ2n) is 3.31. The fraction of sp³-hybridized carbons (Fsp3) is 0.889. The molecule has 0 aliphatic carbocycles. The summed E-state index contributed by atoms with van der Waals surface area (Å²) in [5.74, 6) is -0.558. The largest absolute Gasteiger partial charge is 0.461 e. The van der Waals surface area contributed by atoms with E-state index in [-0.39, 0.29) is 25.7 Å². The minimum atomic E-state index is -4.16. The summed E-state index contributed by atoms with van der Waals surface area (Å²) in [5.41, 5.74) is 0. The average Bonchev–Trinajstić information content (AvgIpc) is 1.99. The molecule has 6 heteroatoms. The predicted molar refractivity (Wildman–Crippen MR) is 47.3 cm³/mol. The van der Waals surface area contributed by atoms with Crippen molar-refractivity contribution in [3.63, 3.8) is 0 Å². The van der Waals surface area contributed by atoms with Crippen LogP contribution in [0.4, 0.5) is 13.2 Å². The average molecular weight is 228 g/mol. The smallest absolute Gasteiger partial charge is 0.389 e. The van der Waals surface area contributed by atoms with E-state index in [1.807, 2.05) is 0 Å². The maximum Gasteiger partial charge on any atom is 0.389 e. The van der Waals surface area contributed by atoms with Crippen LogP contribution in [0.1, 0.15) is 26.7 Å². The molecule has 15 heavy (non-hydrogen) atoms. The molecule has 0 rings (SSSR count). The highest BCUT2D eigenvalue weighted by Crippen LogP contribution is 2.20. The third-order valence-corrected chi connectivity index (χ3v) is 1.34. The number of carbonyl (C=O) groups excluding carboxylic acids is 1. The molecule has 0 amide bonds. The van der Waals surface area contributed by atoms with Gasteiger partial charge < -0.3 is 9.47 Å². The molecular weight excluding hydrogens is 213 g/mol. The van der Waals surface area contributed by atoms with Gasteiger partial charge >= 0.3 is 12.1 Å². The van der Waals surface area contributed by atoms with E-state index in [2.05, 4.69) is 0 Å². The van der Waals surface area contributed by atoms with Crippen molar-refractivity contribution in [3.05, 3.63) is 0 Å². The second-order valence-corrected chi connectivity index (χ2v) is 3.31. The van der Waals surface area contributed by atoms with Crippen LogP contribution < -0.4 is 0 Å². The number of hydrogen-bond donors (Lipinski definition) is 0. The minimum absolute atomic E-state index is 0.0906. The van der Waals surface area contributed by atoms with Crippen LogP contribution in [0.5, 0.6) is 0 Å². The third kappa shape index (κ3) is 11.1. The molecule has 3 nitrogen and oxygen atoms in total. The highest BCUT2D eigenvalue weighted by molar-refractivity contribution is 5.70. The number of rotatable bonds is 6. The SMILES string of the molecule is CC(C)OC(=O)COCCCC(F)(F)F. The number of esters is 1. The molecule has 0 aromatic heterocycles. The van der Waals surface area contributed by atoms with Gasteiger partial charge in [0.25, 0.3) is 0 Å². The topological polar surface area (TPSA) is 35.5 Å². The minimum Gasteiger partial charge on any atom is -0.461 e. The Morgan fingerprint density at radius 3 is 2.40 bits per heavy atom. The first-order chi connectivity index (χ1) is 6.81. The van der Waals surface area contributed by atoms with Crippen LogP contribution in [0, 0.1) is 0 Å². The number of halogens is 3. The number of carbonyl (C=O) groups is 1. The van der Waals surface area contributed by atoms with Crippen LogP contribution in [0.25, 0.3) is 0 Å². The lowest BCUT2D eigenvalue weighted by Crippen LogP contribution is -2.18. The monoisotopic (exact) mass is 228 g/mol. The molecule has 90 valence electrons. The third-order valence-electron chi connectivity index (χ3n) is 1.34. The molecule has 0 saturated carbocycles. The fourth-order valence-corrected chi connectivity index (χ4v) is 0.827. The molecule has 0 bridgehead atoms.